The standard InChI is InChI=1S/C18H24N2O3.C5H10.C2H6.CH3.Fe/c1-11-12(2)17(23-13(11)3)20-10-15(16(21)19-18(20)22)9-8-14-6-4-5-7-14;1-2-4-5-3-1;1-2;;/h10-14,17H,4-7H2,1-3H3,(H,19,21,22);1-5H2;1-2H3;1H3;/q;;;-1;. The van der Waals surface area contributed by atoms with Gasteiger partial charge in [0.2, 0.25) is 0 Å². The van der Waals surface area contributed by atoms with E-state index in [-0.39, 0.29) is 42.7 Å². The first-order chi connectivity index (χ1) is 14.5. The van der Waals surface area contributed by atoms with Gasteiger partial charge in [-0.05, 0) is 25.7 Å². The zero-order chi connectivity index (χ0) is 22.1. The van der Waals surface area contributed by atoms with Crippen LogP contribution in [0.1, 0.15) is 104 Å². The van der Waals surface area contributed by atoms with Crippen LogP contribution in [0.25, 0.3) is 0 Å². The van der Waals surface area contributed by atoms with E-state index in [4.69, 9.17) is 4.74 Å². The third kappa shape index (κ3) is 8.25. The molecule has 0 aromatic carbocycles. The quantitative estimate of drug-likeness (QED) is 0.314. The summed E-state index contributed by atoms with van der Waals surface area (Å²) in [5.41, 5.74) is -0.498. The number of ether oxygens (including phenoxy) is 1. The summed E-state index contributed by atoms with van der Waals surface area (Å²) in [4.78, 5) is 26.6. The first-order valence-electron chi connectivity index (χ1n) is 12.0. The van der Waals surface area contributed by atoms with Gasteiger partial charge in [-0.15, -0.1) is 0 Å². The summed E-state index contributed by atoms with van der Waals surface area (Å²) in [6, 6.07) is 0. The molecule has 2 saturated carbocycles. The van der Waals surface area contributed by atoms with Crippen LogP contribution in [0.3, 0.4) is 0 Å². The van der Waals surface area contributed by atoms with Crippen LogP contribution in [0.2, 0.25) is 0 Å². The van der Waals surface area contributed by atoms with E-state index in [2.05, 4.69) is 30.7 Å². The van der Waals surface area contributed by atoms with Crippen LogP contribution in [0, 0.1) is 37.0 Å². The molecule has 3 aliphatic rings. The first-order valence-corrected chi connectivity index (χ1v) is 12.0. The molecule has 5 nitrogen and oxygen atoms in total. The molecule has 2 aliphatic carbocycles. The van der Waals surface area contributed by atoms with E-state index >= 15 is 0 Å². The molecule has 1 aromatic heterocycles. The largest absolute Gasteiger partial charge is 0.358 e. The van der Waals surface area contributed by atoms with Crippen molar-refractivity contribution in [2.75, 3.05) is 0 Å². The first kappa shape index (κ1) is 30.7. The fourth-order valence-electron chi connectivity index (χ4n) is 4.37. The monoisotopic (exact) mass is 487 g/mol. The molecule has 1 N–H and O–H groups in total. The van der Waals surface area contributed by atoms with E-state index in [1.54, 1.807) is 6.20 Å². The van der Waals surface area contributed by atoms with E-state index in [1.807, 2.05) is 20.8 Å². The Bertz CT molecular complexity index is 818. The van der Waals surface area contributed by atoms with E-state index in [1.165, 1.54) is 49.5 Å². The van der Waals surface area contributed by atoms with Crippen molar-refractivity contribution in [1.29, 1.82) is 0 Å². The number of nitrogens with one attached hydrogen (secondary N) is 1. The second-order valence-corrected chi connectivity index (χ2v) is 8.68. The summed E-state index contributed by atoms with van der Waals surface area (Å²) < 4.78 is 7.41. The van der Waals surface area contributed by atoms with Crippen molar-refractivity contribution in [2.24, 2.45) is 17.8 Å². The van der Waals surface area contributed by atoms with Crippen LogP contribution in [0.5, 0.6) is 0 Å². The van der Waals surface area contributed by atoms with E-state index in [0.29, 0.717) is 17.4 Å². The Morgan fingerprint density at radius 2 is 1.47 bits per heavy atom. The Hall–Kier alpha value is -1.28. The van der Waals surface area contributed by atoms with Gasteiger partial charge in [-0.25, -0.2) is 4.79 Å². The maximum absolute atomic E-state index is 12.2. The predicted octanol–water partition coefficient (Wildman–Crippen LogP) is 5.69. The minimum atomic E-state index is -0.431. The summed E-state index contributed by atoms with van der Waals surface area (Å²) in [5, 5.41) is 0. The molecule has 1 saturated heterocycles. The topological polar surface area (TPSA) is 64.1 Å². The van der Waals surface area contributed by atoms with Crippen molar-refractivity contribution in [2.45, 2.75) is 105 Å². The van der Waals surface area contributed by atoms with Gasteiger partial charge in [-0.3, -0.25) is 14.3 Å². The molecule has 4 atom stereocenters. The van der Waals surface area contributed by atoms with Crippen molar-refractivity contribution in [3.8, 4) is 11.8 Å². The molecule has 6 heteroatoms. The molecule has 184 valence electrons. The van der Waals surface area contributed by atoms with E-state index in [0.717, 1.165) is 12.8 Å². The van der Waals surface area contributed by atoms with Gasteiger partial charge >= 0.3 is 5.69 Å². The number of aromatic nitrogens is 2. The normalized spacial score (nSPS) is 26.3. The fourth-order valence-corrected chi connectivity index (χ4v) is 4.37. The third-order valence-corrected chi connectivity index (χ3v) is 6.63. The second-order valence-electron chi connectivity index (χ2n) is 8.68. The van der Waals surface area contributed by atoms with Crippen LogP contribution in [0.15, 0.2) is 15.8 Å². The Morgan fingerprint density at radius 1 is 0.938 bits per heavy atom. The molecule has 32 heavy (non-hydrogen) atoms. The molecular weight excluding hydrogens is 444 g/mol. The van der Waals surface area contributed by atoms with Crippen molar-refractivity contribution in [3.05, 3.63) is 40.0 Å². The zero-order valence-electron chi connectivity index (χ0n) is 20.9. The molecule has 0 spiro atoms. The summed E-state index contributed by atoms with van der Waals surface area (Å²) in [6.45, 7) is 10.2. The van der Waals surface area contributed by atoms with Crippen molar-refractivity contribution >= 4 is 0 Å². The van der Waals surface area contributed by atoms with E-state index < -0.39 is 11.2 Å². The second kappa shape index (κ2) is 15.5. The zero-order valence-corrected chi connectivity index (χ0v) is 22.0. The molecule has 4 unspecified atom stereocenters. The Labute approximate surface area is 205 Å². The maximum Gasteiger partial charge on any atom is 0.330 e. The molecular formula is C26H43FeN2O3-. The molecule has 2 heterocycles. The predicted molar refractivity (Wildman–Crippen MR) is 129 cm³/mol. The Morgan fingerprint density at radius 3 is 1.94 bits per heavy atom. The summed E-state index contributed by atoms with van der Waals surface area (Å²) in [5.74, 6) is 7.08. The SMILES string of the molecule is C1CCCC1.CC.CC1OC(n2cc(C#CC3CCCC3)c(=O)[nH]c2=O)C(C)C1C.[CH3-].[Fe]. The van der Waals surface area contributed by atoms with Gasteiger partial charge in [0.1, 0.15) is 11.8 Å². The number of aromatic amines is 1. The Kier molecular flexibility index (Phi) is 14.9. The van der Waals surface area contributed by atoms with Gasteiger partial charge < -0.3 is 12.2 Å². The smallest absolute Gasteiger partial charge is 0.330 e. The number of nitrogens with zero attached hydrogens (tertiary/aromatic N) is 1. The average molecular weight is 487 g/mol. The van der Waals surface area contributed by atoms with Gasteiger partial charge in [0.25, 0.3) is 5.56 Å². The number of hydrogen-bond donors (Lipinski definition) is 1. The molecule has 0 amide bonds. The van der Waals surface area contributed by atoms with E-state index in [9.17, 15) is 9.59 Å². The summed E-state index contributed by atoms with van der Waals surface area (Å²) in [6.07, 6.45) is 13.4. The fraction of sp³-hybridized carbons (Fsp3) is 0.731. The maximum atomic E-state index is 12.2. The van der Waals surface area contributed by atoms with Crippen LogP contribution < -0.4 is 11.2 Å². The van der Waals surface area contributed by atoms with Crippen LogP contribution in [-0.4, -0.2) is 15.7 Å². The number of hydrogen-bond acceptors (Lipinski definition) is 3. The molecule has 1 aromatic rings. The van der Waals surface area contributed by atoms with Crippen molar-refractivity contribution in [3.63, 3.8) is 0 Å². The third-order valence-electron chi connectivity index (χ3n) is 6.63. The summed E-state index contributed by atoms with van der Waals surface area (Å²) in [7, 11) is 0. The van der Waals surface area contributed by atoms with Crippen molar-refractivity contribution in [1.82, 2.24) is 9.55 Å². The number of H-pyrrole nitrogens is 1. The summed E-state index contributed by atoms with van der Waals surface area (Å²) >= 11 is 0. The van der Waals surface area contributed by atoms with Crippen LogP contribution in [-0.2, 0) is 21.8 Å². The molecule has 1 aliphatic heterocycles. The number of rotatable bonds is 1. The molecule has 3 fully saturated rings. The minimum Gasteiger partial charge on any atom is -0.358 e. The minimum absolute atomic E-state index is 0. The van der Waals surface area contributed by atoms with Crippen LogP contribution >= 0.6 is 0 Å². The van der Waals surface area contributed by atoms with Gasteiger partial charge in [0.15, 0.2) is 0 Å². The van der Waals surface area contributed by atoms with Gasteiger partial charge in [0, 0.05) is 35.1 Å². The molecule has 4 rings (SSSR count). The molecule has 0 bridgehead atoms. The van der Waals surface area contributed by atoms with Gasteiger partial charge in [0.05, 0.1) is 6.10 Å². The average Bonchev–Trinajstić information content (AvgIpc) is 3.51. The van der Waals surface area contributed by atoms with Gasteiger partial charge in [-0.2, -0.15) is 0 Å². The van der Waals surface area contributed by atoms with Crippen LogP contribution in [0.4, 0.5) is 0 Å². The van der Waals surface area contributed by atoms with Crippen molar-refractivity contribution < 1.29 is 21.8 Å². The Balaban J connectivity index is 0.000000929. The molecule has 0 radical (unpaired) electrons. The van der Waals surface area contributed by atoms with Gasteiger partial charge in [-0.1, -0.05) is 84.5 Å².